The monoisotopic (exact) mass is 403 g/mol. The van der Waals surface area contributed by atoms with Gasteiger partial charge in [-0.25, -0.2) is 13.1 Å². The molecule has 2 aliphatic rings. The highest BCUT2D eigenvalue weighted by Crippen LogP contribution is 2.31. The first-order chi connectivity index (χ1) is 11.9. The molecule has 2 N–H and O–H groups in total. The highest BCUT2D eigenvalue weighted by atomic mass is 35.5. The Morgan fingerprint density at radius 1 is 1.27 bits per heavy atom. The fourth-order valence-corrected chi connectivity index (χ4v) is 4.76. The van der Waals surface area contributed by atoms with E-state index in [0.29, 0.717) is 17.6 Å². The first-order valence-electron chi connectivity index (χ1n) is 8.50. The van der Waals surface area contributed by atoms with Crippen molar-refractivity contribution in [3.05, 3.63) is 23.8 Å². The van der Waals surface area contributed by atoms with Gasteiger partial charge in [-0.1, -0.05) is 0 Å². The third kappa shape index (κ3) is 3.98. The SMILES string of the molecule is CNS(=O)(=O)c1cc(C(=O)N(C)C2CC3CCC(C2)N3)ccc1OC.Cl. The Labute approximate surface area is 160 Å². The van der Waals surface area contributed by atoms with Gasteiger partial charge in [-0.05, 0) is 50.9 Å². The summed E-state index contributed by atoms with van der Waals surface area (Å²) < 4.78 is 31.8. The molecule has 2 bridgehead atoms. The number of amides is 1. The summed E-state index contributed by atoms with van der Waals surface area (Å²) in [6.45, 7) is 0. The van der Waals surface area contributed by atoms with E-state index in [0.717, 1.165) is 25.7 Å². The van der Waals surface area contributed by atoms with Crippen molar-refractivity contribution in [2.45, 2.75) is 48.7 Å². The molecule has 2 saturated heterocycles. The molecule has 1 aromatic carbocycles. The predicted molar refractivity (Wildman–Crippen MR) is 102 cm³/mol. The van der Waals surface area contributed by atoms with Gasteiger partial charge >= 0.3 is 0 Å². The van der Waals surface area contributed by atoms with Crippen LogP contribution < -0.4 is 14.8 Å². The summed E-state index contributed by atoms with van der Waals surface area (Å²) in [5, 5.41) is 3.56. The Morgan fingerprint density at radius 3 is 2.42 bits per heavy atom. The third-order valence-electron chi connectivity index (χ3n) is 5.29. The van der Waals surface area contributed by atoms with Crippen LogP contribution in [0.25, 0.3) is 0 Å². The molecule has 0 radical (unpaired) electrons. The zero-order chi connectivity index (χ0) is 18.2. The summed E-state index contributed by atoms with van der Waals surface area (Å²) in [5.74, 6) is 0.0509. The second-order valence-corrected chi connectivity index (χ2v) is 8.61. The molecule has 7 nitrogen and oxygen atoms in total. The number of carbonyl (C=O) groups excluding carboxylic acids is 1. The summed E-state index contributed by atoms with van der Waals surface area (Å²) in [5.41, 5.74) is 0.350. The van der Waals surface area contributed by atoms with Gasteiger partial charge < -0.3 is 15.0 Å². The fraction of sp³-hybridized carbons (Fsp3) is 0.588. The van der Waals surface area contributed by atoms with Crippen LogP contribution >= 0.6 is 12.4 Å². The van der Waals surface area contributed by atoms with Crippen molar-refractivity contribution in [3.63, 3.8) is 0 Å². The van der Waals surface area contributed by atoms with Gasteiger partial charge in [-0.3, -0.25) is 4.79 Å². The summed E-state index contributed by atoms with van der Waals surface area (Å²) in [6.07, 6.45) is 4.21. The van der Waals surface area contributed by atoms with Gasteiger partial charge in [0.1, 0.15) is 10.6 Å². The number of nitrogens with one attached hydrogen (secondary N) is 2. The van der Waals surface area contributed by atoms with Crippen molar-refractivity contribution in [1.82, 2.24) is 14.9 Å². The lowest BCUT2D eigenvalue weighted by Crippen LogP contribution is -2.48. The van der Waals surface area contributed by atoms with E-state index in [2.05, 4.69) is 10.0 Å². The number of piperidine rings is 1. The molecule has 2 aliphatic heterocycles. The Kier molecular flexibility index (Phi) is 6.55. The van der Waals surface area contributed by atoms with Crippen LogP contribution in [-0.2, 0) is 10.0 Å². The van der Waals surface area contributed by atoms with Gasteiger partial charge in [0.25, 0.3) is 5.91 Å². The molecule has 0 saturated carbocycles. The molecule has 0 aliphatic carbocycles. The third-order valence-corrected chi connectivity index (χ3v) is 6.72. The van der Waals surface area contributed by atoms with Crippen molar-refractivity contribution in [2.24, 2.45) is 0 Å². The maximum absolute atomic E-state index is 12.9. The van der Waals surface area contributed by atoms with Crippen LogP contribution in [0.1, 0.15) is 36.0 Å². The Morgan fingerprint density at radius 2 is 1.88 bits per heavy atom. The number of hydrogen-bond donors (Lipinski definition) is 2. The zero-order valence-corrected chi connectivity index (χ0v) is 16.8. The molecule has 2 heterocycles. The van der Waals surface area contributed by atoms with E-state index in [4.69, 9.17) is 4.74 Å². The lowest BCUT2D eigenvalue weighted by molar-refractivity contribution is 0.0681. The minimum Gasteiger partial charge on any atom is -0.495 e. The maximum Gasteiger partial charge on any atom is 0.253 e. The van der Waals surface area contributed by atoms with Crippen LogP contribution in [0, 0.1) is 0 Å². The van der Waals surface area contributed by atoms with Gasteiger partial charge in [-0.2, -0.15) is 0 Å². The van der Waals surface area contributed by atoms with Gasteiger partial charge in [-0.15, -0.1) is 12.4 Å². The molecule has 2 unspecified atom stereocenters. The summed E-state index contributed by atoms with van der Waals surface area (Å²) in [7, 11) is 0.828. The average Bonchev–Trinajstić information content (AvgIpc) is 2.97. The second kappa shape index (κ2) is 8.12. The van der Waals surface area contributed by atoms with E-state index >= 15 is 0 Å². The number of benzene rings is 1. The van der Waals surface area contributed by atoms with Crippen molar-refractivity contribution in [3.8, 4) is 5.75 Å². The molecule has 0 spiro atoms. The van der Waals surface area contributed by atoms with Gasteiger partial charge in [0.05, 0.1) is 7.11 Å². The molecule has 0 aromatic heterocycles. The molecule has 9 heteroatoms. The van der Waals surface area contributed by atoms with Crippen LogP contribution in [0.15, 0.2) is 23.1 Å². The average molecular weight is 404 g/mol. The highest BCUT2D eigenvalue weighted by molar-refractivity contribution is 7.89. The number of hydrogen-bond acceptors (Lipinski definition) is 5. The van der Waals surface area contributed by atoms with Crippen molar-refractivity contribution >= 4 is 28.3 Å². The molecular formula is C17H26ClN3O4S. The minimum absolute atomic E-state index is 0. The van der Waals surface area contributed by atoms with Gasteiger partial charge in [0.15, 0.2) is 0 Å². The number of rotatable bonds is 5. The molecule has 146 valence electrons. The Balaban J connectivity index is 0.00000243. The summed E-state index contributed by atoms with van der Waals surface area (Å²) >= 11 is 0. The van der Waals surface area contributed by atoms with Gasteiger partial charge in [0, 0.05) is 30.7 Å². The van der Waals surface area contributed by atoms with E-state index in [9.17, 15) is 13.2 Å². The number of methoxy groups -OCH3 is 1. The molecule has 3 rings (SSSR count). The standard InChI is InChI=1S/C17H25N3O4S.ClH/c1-18-25(22,23)16-8-11(4-7-15(16)24-3)17(21)20(2)14-9-12-5-6-13(10-14)19-12;/h4,7-8,12-14,18-19H,5-6,9-10H2,1-3H3;1H. The topological polar surface area (TPSA) is 87.7 Å². The smallest absolute Gasteiger partial charge is 0.253 e. The number of halogens is 1. The van der Waals surface area contributed by atoms with E-state index in [1.165, 1.54) is 26.3 Å². The van der Waals surface area contributed by atoms with Crippen molar-refractivity contribution in [1.29, 1.82) is 0 Å². The lowest BCUT2D eigenvalue weighted by Gasteiger charge is -2.35. The molecular weight excluding hydrogens is 378 g/mol. The van der Waals surface area contributed by atoms with E-state index in [-0.39, 0.29) is 35.0 Å². The Bertz CT molecular complexity index is 759. The normalized spacial score (nSPS) is 24.7. The number of sulfonamides is 1. The number of nitrogens with zero attached hydrogens (tertiary/aromatic N) is 1. The van der Waals surface area contributed by atoms with Crippen molar-refractivity contribution < 1.29 is 17.9 Å². The molecule has 26 heavy (non-hydrogen) atoms. The largest absolute Gasteiger partial charge is 0.495 e. The number of ether oxygens (including phenoxy) is 1. The summed E-state index contributed by atoms with van der Waals surface area (Å²) in [4.78, 5) is 14.6. The van der Waals surface area contributed by atoms with E-state index in [1.54, 1.807) is 18.0 Å². The molecule has 1 amide bonds. The predicted octanol–water partition coefficient (Wildman–Crippen LogP) is 1.38. The van der Waals surface area contributed by atoms with Gasteiger partial charge in [0.2, 0.25) is 10.0 Å². The minimum atomic E-state index is -3.71. The zero-order valence-electron chi connectivity index (χ0n) is 15.2. The highest BCUT2D eigenvalue weighted by Gasteiger charge is 2.36. The number of fused-ring (bicyclic) bond motifs is 2. The molecule has 1 aromatic rings. The van der Waals surface area contributed by atoms with Crippen LogP contribution in [0.3, 0.4) is 0 Å². The van der Waals surface area contributed by atoms with Crippen LogP contribution in [0.4, 0.5) is 0 Å². The molecule has 2 fully saturated rings. The first kappa shape index (κ1) is 21.0. The van der Waals surface area contributed by atoms with Crippen LogP contribution in [-0.4, -0.2) is 58.6 Å². The fourth-order valence-electron chi connectivity index (χ4n) is 3.84. The quantitative estimate of drug-likeness (QED) is 0.775. The van der Waals surface area contributed by atoms with Crippen molar-refractivity contribution in [2.75, 3.05) is 21.2 Å². The lowest BCUT2D eigenvalue weighted by atomic mass is 9.98. The first-order valence-corrected chi connectivity index (χ1v) is 9.99. The summed E-state index contributed by atoms with van der Waals surface area (Å²) in [6, 6.07) is 5.67. The van der Waals surface area contributed by atoms with Crippen LogP contribution in [0.5, 0.6) is 5.75 Å². The molecule has 2 atom stereocenters. The maximum atomic E-state index is 12.9. The van der Waals surface area contributed by atoms with E-state index < -0.39 is 10.0 Å². The van der Waals surface area contributed by atoms with Crippen LogP contribution in [0.2, 0.25) is 0 Å². The van der Waals surface area contributed by atoms with E-state index in [1.807, 2.05) is 0 Å². The second-order valence-electron chi connectivity index (χ2n) is 6.75. The Hall–Kier alpha value is -1.35. The number of carbonyl (C=O) groups is 1.